The van der Waals surface area contributed by atoms with Crippen molar-refractivity contribution in [1.82, 2.24) is 4.98 Å². The van der Waals surface area contributed by atoms with Gasteiger partial charge in [-0.25, -0.2) is 4.98 Å². The van der Waals surface area contributed by atoms with Gasteiger partial charge < -0.3 is 15.0 Å². The first-order valence-electron chi connectivity index (χ1n) is 9.65. The number of halogens is 3. The van der Waals surface area contributed by atoms with Gasteiger partial charge in [0.1, 0.15) is 17.1 Å². The fourth-order valence-corrected chi connectivity index (χ4v) is 3.46. The quantitative estimate of drug-likeness (QED) is 0.646. The Morgan fingerprint density at radius 1 is 1.07 bits per heavy atom. The summed E-state index contributed by atoms with van der Waals surface area (Å²) in [6.45, 7) is 1.58. The molecule has 1 aliphatic rings. The van der Waals surface area contributed by atoms with Crippen molar-refractivity contribution in [2.75, 3.05) is 29.9 Å². The molecule has 1 N–H and O–H groups in total. The zero-order valence-electron chi connectivity index (χ0n) is 16.1. The summed E-state index contributed by atoms with van der Waals surface area (Å²) in [6.07, 6.45) is -2.21. The lowest BCUT2D eigenvalue weighted by Gasteiger charge is -2.17. The number of carbonyl (C=O) groups is 1. The fraction of sp³-hybridized carbons (Fsp3) is 0.273. The van der Waals surface area contributed by atoms with Crippen molar-refractivity contribution in [2.45, 2.75) is 19.0 Å². The molecule has 156 valence electrons. The van der Waals surface area contributed by atoms with Crippen LogP contribution in [-0.4, -0.2) is 30.6 Å². The number of nitrogens with zero attached hydrogens (tertiary/aromatic N) is 2. The Morgan fingerprint density at radius 2 is 1.83 bits per heavy atom. The van der Waals surface area contributed by atoms with Crippen LogP contribution in [0.3, 0.4) is 0 Å². The molecule has 0 bridgehead atoms. The van der Waals surface area contributed by atoms with E-state index in [0.717, 1.165) is 49.3 Å². The number of hydrogen-bond acceptors (Lipinski definition) is 4. The summed E-state index contributed by atoms with van der Waals surface area (Å²) in [5, 5.41) is 3.32. The van der Waals surface area contributed by atoms with Gasteiger partial charge >= 0.3 is 6.18 Å². The highest BCUT2D eigenvalue weighted by Crippen LogP contribution is 2.31. The molecule has 2 aromatic carbocycles. The van der Waals surface area contributed by atoms with Crippen LogP contribution in [0.4, 0.5) is 24.7 Å². The van der Waals surface area contributed by atoms with Crippen LogP contribution in [0.25, 0.3) is 10.9 Å². The summed E-state index contributed by atoms with van der Waals surface area (Å²) in [6, 6.07) is 13.9. The average molecular weight is 415 g/mol. The number of nitrogens with one attached hydrogen (secondary N) is 1. The number of amides is 1. The van der Waals surface area contributed by atoms with Crippen LogP contribution in [0.2, 0.25) is 0 Å². The summed E-state index contributed by atoms with van der Waals surface area (Å²) >= 11 is 0. The number of alkyl halides is 3. The second kappa shape index (κ2) is 8.22. The van der Waals surface area contributed by atoms with E-state index in [1.54, 1.807) is 12.1 Å². The van der Waals surface area contributed by atoms with E-state index < -0.39 is 17.6 Å². The zero-order chi connectivity index (χ0) is 21.1. The van der Waals surface area contributed by atoms with E-state index in [1.807, 2.05) is 18.2 Å². The van der Waals surface area contributed by atoms with Gasteiger partial charge in [0.2, 0.25) is 0 Å². The Bertz CT molecular complexity index is 1060. The maximum atomic E-state index is 12.8. The number of rotatable bonds is 5. The molecular formula is C22H20F3N3O2. The highest BCUT2D eigenvalue weighted by molar-refractivity contribution is 5.92. The molecule has 1 aromatic heterocycles. The summed E-state index contributed by atoms with van der Waals surface area (Å²) in [5.74, 6) is 0.763. The van der Waals surface area contributed by atoms with Gasteiger partial charge in [-0.2, -0.15) is 13.2 Å². The van der Waals surface area contributed by atoms with Gasteiger partial charge in [0.25, 0.3) is 5.91 Å². The van der Waals surface area contributed by atoms with Gasteiger partial charge in [-0.15, -0.1) is 0 Å². The molecule has 2 heterocycles. The maximum absolute atomic E-state index is 12.8. The van der Waals surface area contributed by atoms with E-state index in [2.05, 4.69) is 10.2 Å². The number of aromatic nitrogens is 1. The van der Waals surface area contributed by atoms with Gasteiger partial charge in [0.15, 0.2) is 6.61 Å². The van der Waals surface area contributed by atoms with Crippen molar-refractivity contribution in [1.29, 1.82) is 0 Å². The Hall–Kier alpha value is -3.29. The van der Waals surface area contributed by atoms with Crippen LogP contribution >= 0.6 is 0 Å². The lowest BCUT2D eigenvalue weighted by atomic mass is 10.2. The van der Waals surface area contributed by atoms with Crippen LogP contribution in [0.5, 0.6) is 5.75 Å². The number of carbonyl (C=O) groups excluding carboxylic acids is 1. The second-order valence-corrected chi connectivity index (χ2v) is 7.11. The molecule has 0 spiro atoms. The van der Waals surface area contributed by atoms with Crippen molar-refractivity contribution >= 4 is 28.3 Å². The summed E-state index contributed by atoms with van der Waals surface area (Å²) in [7, 11) is 0. The molecule has 0 unspecified atom stereocenters. The minimum Gasteiger partial charge on any atom is -0.481 e. The standard InChI is InChI=1S/C22H20F3N3O2/c23-22(24,25)16-6-4-7-17(13-16)26-20(29)14-30-18-8-3-5-15-9-10-19(27-21(15)18)28-11-1-2-12-28/h3-10,13H,1-2,11-12,14H2,(H,26,29). The Morgan fingerprint density at radius 3 is 2.60 bits per heavy atom. The third kappa shape index (κ3) is 4.48. The monoisotopic (exact) mass is 415 g/mol. The molecule has 0 saturated carbocycles. The van der Waals surface area contributed by atoms with Gasteiger partial charge in [-0.3, -0.25) is 4.79 Å². The third-order valence-electron chi connectivity index (χ3n) is 4.93. The number of para-hydroxylation sites is 1. The summed E-state index contributed by atoms with van der Waals surface area (Å²) in [4.78, 5) is 19.1. The number of hydrogen-bond donors (Lipinski definition) is 1. The molecule has 1 aliphatic heterocycles. The van der Waals surface area contributed by atoms with Crippen LogP contribution < -0.4 is 15.0 Å². The molecule has 4 rings (SSSR count). The molecule has 3 aromatic rings. The van der Waals surface area contributed by atoms with E-state index in [9.17, 15) is 18.0 Å². The Balaban J connectivity index is 1.46. The number of benzene rings is 2. The van der Waals surface area contributed by atoms with Gasteiger partial charge in [-0.1, -0.05) is 18.2 Å². The molecule has 1 saturated heterocycles. The van der Waals surface area contributed by atoms with Crippen molar-refractivity contribution < 1.29 is 22.7 Å². The first-order valence-corrected chi connectivity index (χ1v) is 9.65. The lowest BCUT2D eigenvalue weighted by Crippen LogP contribution is -2.21. The zero-order valence-corrected chi connectivity index (χ0v) is 16.1. The largest absolute Gasteiger partial charge is 0.481 e. The molecular weight excluding hydrogens is 395 g/mol. The predicted octanol–water partition coefficient (Wildman–Crippen LogP) is 4.87. The fourth-order valence-electron chi connectivity index (χ4n) is 3.46. The SMILES string of the molecule is O=C(COc1cccc2ccc(N3CCCC3)nc12)Nc1cccc(C(F)(F)F)c1. The van der Waals surface area contributed by atoms with Crippen LogP contribution in [-0.2, 0) is 11.0 Å². The smallest absolute Gasteiger partial charge is 0.416 e. The average Bonchev–Trinajstić information content (AvgIpc) is 3.26. The molecule has 5 nitrogen and oxygen atoms in total. The first-order chi connectivity index (χ1) is 14.4. The van der Waals surface area contributed by atoms with Gasteiger partial charge in [0.05, 0.1) is 5.56 Å². The topological polar surface area (TPSA) is 54.5 Å². The molecule has 30 heavy (non-hydrogen) atoms. The van der Waals surface area contributed by atoms with Crippen LogP contribution in [0, 0.1) is 0 Å². The molecule has 1 fully saturated rings. The van der Waals surface area contributed by atoms with E-state index in [1.165, 1.54) is 12.1 Å². The van der Waals surface area contributed by atoms with E-state index in [4.69, 9.17) is 9.72 Å². The maximum Gasteiger partial charge on any atom is 0.416 e. The number of ether oxygens (including phenoxy) is 1. The molecule has 1 amide bonds. The molecule has 0 aliphatic carbocycles. The van der Waals surface area contributed by atoms with Crippen molar-refractivity contribution in [2.24, 2.45) is 0 Å². The van der Waals surface area contributed by atoms with Gasteiger partial charge in [-0.05, 0) is 49.2 Å². The molecule has 0 atom stereocenters. The van der Waals surface area contributed by atoms with Crippen molar-refractivity contribution in [3.8, 4) is 5.75 Å². The minimum atomic E-state index is -4.47. The second-order valence-electron chi connectivity index (χ2n) is 7.11. The highest BCUT2D eigenvalue weighted by Gasteiger charge is 2.30. The highest BCUT2D eigenvalue weighted by atomic mass is 19.4. The predicted molar refractivity (Wildman–Crippen MR) is 109 cm³/mol. The number of pyridine rings is 1. The van der Waals surface area contributed by atoms with Crippen LogP contribution in [0.1, 0.15) is 18.4 Å². The normalized spacial score (nSPS) is 14.2. The minimum absolute atomic E-state index is 0.0609. The van der Waals surface area contributed by atoms with E-state index in [-0.39, 0.29) is 12.3 Å². The van der Waals surface area contributed by atoms with E-state index >= 15 is 0 Å². The molecule has 8 heteroatoms. The first kappa shape index (κ1) is 20.0. The number of fused-ring (bicyclic) bond motifs is 1. The number of anilines is 2. The summed E-state index contributed by atoms with van der Waals surface area (Å²) < 4.78 is 44.1. The van der Waals surface area contributed by atoms with Crippen molar-refractivity contribution in [3.05, 3.63) is 60.2 Å². The molecule has 0 radical (unpaired) electrons. The van der Waals surface area contributed by atoms with Crippen molar-refractivity contribution in [3.63, 3.8) is 0 Å². The summed E-state index contributed by atoms with van der Waals surface area (Å²) in [5.41, 5.74) is -0.117. The Kier molecular flexibility index (Phi) is 5.48. The van der Waals surface area contributed by atoms with Crippen LogP contribution in [0.15, 0.2) is 54.6 Å². The Labute approximate surface area is 171 Å². The third-order valence-corrected chi connectivity index (χ3v) is 4.93. The van der Waals surface area contributed by atoms with Gasteiger partial charge in [0, 0.05) is 24.2 Å². The lowest BCUT2D eigenvalue weighted by molar-refractivity contribution is -0.137. The van der Waals surface area contributed by atoms with E-state index in [0.29, 0.717) is 11.3 Å².